The molecule has 3 heteroatoms. The van der Waals surface area contributed by atoms with Crippen LogP contribution in [0, 0.1) is 6.92 Å². The number of benzene rings is 1. The Bertz CT molecular complexity index is 537. The highest BCUT2D eigenvalue weighted by atomic mass is 16.5. The van der Waals surface area contributed by atoms with Gasteiger partial charge in [-0.3, -0.25) is 4.98 Å². The monoisotopic (exact) mass is 255 g/mol. The van der Waals surface area contributed by atoms with Crippen molar-refractivity contribution in [2.45, 2.75) is 19.8 Å². The molecule has 0 atom stereocenters. The van der Waals surface area contributed by atoms with Gasteiger partial charge in [0.05, 0.1) is 12.2 Å². The highest BCUT2D eigenvalue weighted by molar-refractivity contribution is 5.89. The maximum Gasteiger partial charge on any atom is 0.338 e. The zero-order valence-electron chi connectivity index (χ0n) is 11.0. The summed E-state index contributed by atoms with van der Waals surface area (Å²) in [4.78, 5) is 16.1. The van der Waals surface area contributed by atoms with Gasteiger partial charge in [-0.15, -0.1) is 0 Å². The number of carbonyl (C=O) groups excluding carboxylic acids is 1. The second kappa shape index (κ2) is 6.69. The standard InChI is InChI=1S/C16H17NO2/c1-13-7-5-10-15(17-13)11-6-12-19-16(18)14-8-3-2-4-9-14/h2-5,7-10H,6,11-12H2,1H3. The van der Waals surface area contributed by atoms with Crippen LogP contribution in [0.15, 0.2) is 48.5 Å². The number of hydrogen-bond acceptors (Lipinski definition) is 3. The molecule has 0 spiro atoms. The Morgan fingerprint density at radius 2 is 1.89 bits per heavy atom. The van der Waals surface area contributed by atoms with E-state index >= 15 is 0 Å². The Kier molecular flexibility index (Phi) is 4.67. The van der Waals surface area contributed by atoms with E-state index in [0.717, 1.165) is 24.2 Å². The van der Waals surface area contributed by atoms with Crippen LogP contribution >= 0.6 is 0 Å². The molecule has 1 aromatic heterocycles. The zero-order valence-corrected chi connectivity index (χ0v) is 11.0. The molecule has 0 saturated carbocycles. The summed E-state index contributed by atoms with van der Waals surface area (Å²) in [5.74, 6) is -0.266. The Morgan fingerprint density at radius 1 is 1.11 bits per heavy atom. The molecule has 0 unspecified atom stereocenters. The quantitative estimate of drug-likeness (QED) is 0.608. The van der Waals surface area contributed by atoms with Crippen LogP contribution in [0.4, 0.5) is 0 Å². The van der Waals surface area contributed by atoms with Gasteiger partial charge in [-0.1, -0.05) is 24.3 Å². The third kappa shape index (κ3) is 4.21. The summed E-state index contributed by atoms with van der Waals surface area (Å²) in [6.45, 7) is 2.39. The van der Waals surface area contributed by atoms with Gasteiger partial charge in [-0.2, -0.15) is 0 Å². The van der Waals surface area contributed by atoms with Gasteiger partial charge in [0.1, 0.15) is 0 Å². The van der Waals surface area contributed by atoms with Crippen molar-refractivity contribution in [1.29, 1.82) is 0 Å². The van der Waals surface area contributed by atoms with Crippen LogP contribution < -0.4 is 0 Å². The van der Waals surface area contributed by atoms with Gasteiger partial charge < -0.3 is 4.74 Å². The maximum absolute atomic E-state index is 11.7. The van der Waals surface area contributed by atoms with Gasteiger partial charge in [0.15, 0.2) is 0 Å². The number of aryl methyl sites for hydroxylation is 2. The average Bonchev–Trinajstić information content (AvgIpc) is 2.44. The third-order valence-corrected chi connectivity index (χ3v) is 2.77. The van der Waals surface area contributed by atoms with Gasteiger partial charge in [0.25, 0.3) is 0 Å². The number of rotatable bonds is 5. The zero-order chi connectivity index (χ0) is 13.5. The lowest BCUT2D eigenvalue weighted by atomic mass is 10.2. The summed E-state index contributed by atoms with van der Waals surface area (Å²) in [6.07, 6.45) is 1.61. The predicted octanol–water partition coefficient (Wildman–Crippen LogP) is 3.18. The first-order chi connectivity index (χ1) is 9.25. The maximum atomic E-state index is 11.7. The molecule has 0 bridgehead atoms. The van der Waals surface area contributed by atoms with E-state index in [9.17, 15) is 4.79 Å². The fourth-order valence-corrected chi connectivity index (χ4v) is 1.81. The molecule has 3 nitrogen and oxygen atoms in total. The minimum Gasteiger partial charge on any atom is -0.462 e. The van der Waals surface area contributed by atoms with E-state index in [1.54, 1.807) is 12.1 Å². The molecule has 2 aromatic rings. The van der Waals surface area contributed by atoms with Crippen LogP contribution in [-0.4, -0.2) is 17.6 Å². The van der Waals surface area contributed by atoms with Gasteiger partial charge in [-0.25, -0.2) is 4.79 Å². The molecule has 0 saturated heterocycles. The van der Waals surface area contributed by atoms with Gasteiger partial charge in [0, 0.05) is 11.4 Å². The molecule has 19 heavy (non-hydrogen) atoms. The fraction of sp³-hybridized carbons (Fsp3) is 0.250. The third-order valence-electron chi connectivity index (χ3n) is 2.77. The van der Waals surface area contributed by atoms with Crippen molar-refractivity contribution >= 4 is 5.97 Å². The Morgan fingerprint density at radius 3 is 2.63 bits per heavy atom. The van der Waals surface area contributed by atoms with E-state index in [-0.39, 0.29) is 5.97 Å². The molecular weight excluding hydrogens is 238 g/mol. The molecule has 1 aromatic carbocycles. The second-order valence-electron chi connectivity index (χ2n) is 4.38. The summed E-state index contributed by atoms with van der Waals surface area (Å²) >= 11 is 0. The van der Waals surface area contributed by atoms with Gasteiger partial charge in [0.2, 0.25) is 0 Å². The van der Waals surface area contributed by atoms with Crippen molar-refractivity contribution in [2.75, 3.05) is 6.61 Å². The smallest absolute Gasteiger partial charge is 0.338 e. The topological polar surface area (TPSA) is 39.2 Å². The number of pyridine rings is 1. The van der Waals surface area contributed by atoms with Crippen LogP contribution in [0.25, 0.3) is 0 Å². The summed E-state index contributed by atoms with van der Waals surface area (Å²) in [6, 6.07) is 15.0. The molecule has 0 amide bonds. The van der Waals surface area contributed by atoms with E-state index in [2.05, 4.69) is 4.98 Å². The normalized spacial score (nSPS) is 10.2. The lowest BCUT2D eigenvalue weighted by Gasteiger charge is -2.05. The predicted molar refractivity (Wildman–Crippen MR) is 74.0 cm³/mol. The molecule has 0 aliphatic heterocycles. The number of hydrogen-bond donors (Lipinski definition) is 0. The first kappa shape index (κ1) is 13.3. The lowest BCUT2D eigenvalue weighted by molar-refractivity contribution is 0.0500. The molecule has 0 aliphatic rings. The van der Waals surface area contributed by atoms with Crippen molar-refractivity contribution in [3.05, 3.63) is 65.5 Å². The fourth-order valence-electron chi connectivity index (χ4n) is 1.81. The van der Waals surface area contributed by atoms with Crippen molar-refractivity contribution in [3.63, 3.8) is 0 Å². The van der Waals surface area contributed by atoms with E-state index in [4.69, 9.17) is 4.74 Å². The number of nitrogens with zero attached hydrogens (tertiary/aromatic N) is 1. The molecule has 1 heterocycles. The molecule has 0 radical (unpaired) electrons. The Hall–Kier alpha value is -2.16. The first-order valence-corrected chi connectivity index (χ1v) is 6.40. The Labute approximate surface area is 113 Å². The largest absolute Gasteiger partial charge is 0.462 e. The first-order valence-electron chi connectivity index (χ1n) is 6.40. The minimum absolute atomic E-state index is 0.266. The van der Waals surface area contributed by atoms with E-state index in [1.165, 1.54) is 0 Å². The van der Waals surface area contributed by atoms with Crippen molar-refractivity contribution < 1.29 is 9.53 Å². The number of ether oxygens (including phenoxy) is 1. The minimum atomic E-state index is -0.266. The highest BCUT2D eigenvalue weighted by Gasteiger charge is 2.05. The van der Waals surface area contributed by atoms with Crippen molar-refractivity contribution in [1.82, 2.24) is 4.98 Å². The van der Waals surface area contributed by atoms with Crippen LogP contribution in [-0.2, 0) is 11.2 Å². The van der Waals surface area contributed by atoms with Crippen LogP contribution in [0.2, 0.25) is 0 Å². The van der Waals surface area contributed by atoms with Crippen LogP contribution in [0.3, 0.4) is 0 Å². The molecule has 0 aliphatic carbocycles. The van der Waals surface area contributed by atoms with Crippen molar-refractivity contribution in [2.24, 2.45) is 0 Å². The van der Waals surface area contributed by atoms with Crippen molar-refractivity contribution in [3.8, 4) is 0 Å². The highest BCUT2D eigenvalue weighted by Crippen LogP contribution is 2.04. The van der Waals surface area contributed by atoms with E-state index in [0.29, 0.717) is 12.2 Å². The molecule has 0 N–H and O–H groups in total. The Balaban J connectivity index is 1.74. The summed E-state index contributed by atoms with van der Waals surface area (Å²) in [7, 11) is 0. The SMILES string of the molecule is Cc1cccc(CCCOC(=O)c2ccccc2)n1. The summed E-state index contributed by atoms with van der Waals surface area (Å²) in [5, 5.41) is 0. The second-order valence-corrected chi connectivity index (χ2v) is 4.38. The lowest BCUT2D eigenvalue weighted by Crippen LogP contribution is -2.07. The average molecular weight is 255 g/mol. The number of carbonyl (C=O) groups is 1. The van der Waals surface area contributed by atoms with Gasteiger partial charge in [-0.05, 0) is 44.0 Å². The van der Waals surface area contributed by atoms with Crippen LogP contribution in [0.5, 0.6) is 0 Å². The van der Waals surface area contributed by atoms with E-state index in [1.807, 2.05) is 43.3 Å². The van der Waals surface area contributed by atoms with Crippen LogP contribution in [0.1, 0.15) is 28.2 Å². The molecule has 0 fully saturated rings. The van der Waals surface area contributed by atoms with E-state index < -0.39 is 0 Å². The summed E-state index contributed by atoms with van der Waals surface area (Å²) in [5.41, 5.74) is 2.64. The number of esters is 1. The molecule has 2 rings (SSSR count). The van der Waals surface area contributed by atoms with Gasteiger partial charge >= 0.3 is 5.97 Å². The molecule has 98 valence electrons. The summed E-state index contributed by atoms with van der Waals surface area (Å²) < 4.78 is 5.21. The number of aromatic nitrogens is 1. The molecular formula is C16H17NO2.